The predicted octanol–water partition coefficient (Wildman–Crippen LogP) is 1.85. The highest BCUT2D eigenvalue weighted by Gasteiger charge is 2.35. The highest BCUT2D eigenvalue weighted by atomic mass is 16.5. The number of esters is 1. The van der Waals surface area contributed by atoms with Crippen LogP contribution in [0.1, 0.15) is 48.3 Å². The van der Waals surface area contributed by atoms with Crippen LogP contribution in [-0.4, -0.2) is 41.0 Å². The number of amides is 1. The van der Waals surface area contributed by atoms with Crippen LogP contribution < -0.4 is 0 Å². The van der Waals surface area contributed by atoms with Gasteiger partial charge in [-0.25, -0.2) is 9.78 Å². The highest BCUT2D eigenvalue weighted by molar-refractivity contribution is 5.95. The third-order valence-electron chi connectivity index (χ3n) is 3.42. The summed E-state index contributed by atoms with van der Waals surface area (Å²) >= 11 is 0. The van der Waals surface area contributed by atoms with Crippen molar-refractivity contribution in [1.29, 1.82) is 0 Å². The Morgan fingerprint density at radius 3 is 2.75 bits per heavy atom. The molecule has 1 atom stereocenters. The summed E-state index contributed by atoms with van der Waals surface area (Å²) in [6.07, 6.45) is 2.44. The number of nitrogens with zero attached hydrogens (tertiary/aromatic N) is 2. The molecule has 6 nitrogen and oxygen atoms in total. The predicted molar refractivity (Wildman–Crippen MR) is 71.3 cm³/mol. The number of hydrogen-bond donors (Lipinski definition) is 0. The van der Waals surface area contributed by atoms with Crippen LogP contribution in [0.5, 0.6) is 0 Å². The lowest BCUT2D eigenvalue weighted by Crippen LogP contribution is -2.48. The van der Waals surface area contributed by atoms with Crippen LogP contribution in [0, 0.1) is 13.8 Å². The molecule has 0 radical (unpaired) electrons. The molecule has 2 rings (SSSR count). The van der Waals surface area contributed by atoms with E-state index in [4.69, 9.17) is 9.15 Å². The maximum absolute atomic E-state index is 12.5. The molecule has 6 heteroatoms. The Hall–Kier alpha value is -1.85. The number of aromatic nitrogens is 1. The fourth-order valence-corrected chi connectivity index (χ4v) is 2.52. The van der Waals surface area contributed by atoms with Crippen molar-refractivity contribution in [3.05, 3.63) is 17.3 Å². The number of piperidine rings is 1. The average molecular weight is 280 g/mol. The van der Waals surface area contributed by atoms with Gasteiger partial charge in [-0.2, -0.15) is 0 Å². The maximum atomic E-state index is 12.5. The molecule has 0 aromatic carbocycles. The van der Waals surface area contributed by atoms with Gasteiger partial charge in [-0.05, 0) is 33.1 Å². The first-order valence-corrected chi connectivity index (χ1v) is 6.96. The third kappa shape index (κ3) is 2.84. The van der Waals surface area contributed by atoms with Gasteiger partial charge in [-0.1, -0.05) is 0 Å². The van der Waals surface area contributed by atoms with Crippen LogP contribution >= 0.6 is 0 Å². The molecule has 1 aliphatic heterocycles. The summed E-state index contributed by atoms with van der Waals surface area (Å²) in [5, 5.41) is 0. The number of carbonyl (C=O) groups is 2. The molecule has 1 unspecified atom stereocenters. The topological polar surface area (TPSA) is 72.6 Å². The Bertz CT molecular complexity index is 509. The van der Waals surface area contributed by atoms with Gasteiger partial charge in [0.2, 0.25) is 5.76 Å². The van der Waals surface area contributed by atoms with E-state index in [1.165, 1.54) is 0 Å². The van der Waals surface area contributed by atoms with Crippen LogP contribution in [0.15, 0.2) is 4.42 Å². The standard InChI is InChI=1S/C14H20N2O4/c1-4-19-14(18)11-7-5-6-8-16(11)13(17)12-9(2)15-10(3)20-12/h11H,4-8H2,1-3H3. The second-order valence-corrected chi connectivity index (χ2v) is 4.91. The summed E-state index contributed by atoms with van der Waals surface area (Å²) in [6, 6.07) is -0.513. The summed E-state index contributed by atoms with van der Waals surface area (Å²) in [6.45, 7) is 6.05. The number of likely N-dealkylation sites (tertiary alicyclic amines) is 1. The van der Waals surface area contributed by atoms with Crippen molar-refractivity contribution in [2.45, 2.75) is 46.1 Å². The summed E-state index contributed by atoms with van der Waals surface area (Å²) in [5.41, 5.74) is 0.556. The second kappa shape index (κ2) is 6.07. The van der Waals surface area contributed by atoms with Crippen molar-refractivity contribution in [3.63, 3.8) is 0 Å². The van der Waals surface area contributed by atoms with Crippen molar-refractivity contribution >= 4 is 11.9 Å². The maximum Gasteiger partial charge on any atom is 0.328 e. The zero-order chi connectivity index (χ0) is 14.7. The molecule has 0 N–H and O–H groups in total. The summed E-state index contributed by atoms with van der Waals surface area (Å²) in [7, 11) is 0. The zero-order valence-electron chi connectivity index (χ0n) is 12.1. The lowest BCUT2D eigenvalue weighted by atomic mass is 10.0. The monoisotopic (exact) mass is 280 g/mol. The van der Waals surface area contributed by atoms with E-state index in [-0.39, 0.29) is 17.6 Å². The molecule has 0 aliphatic carbocycles. The van der Waals surface area contributed by atoms with Gasteiger partial charge >= 0.3 is 5.97 Å². The van der Waals surface area contributed by atoms with Gasteiger partial charge in [-0.15, -0.1) is 0 Å². The van der Waals surface area contributed by atoms with Gasteiger partial charge in [0.25, 0.3) is 5.91 Å². The van der Waals surface area contributed by atoms with E-state index in [0.717, 1.165) is 12.8 Å². The molecule has 1 aromatic rings. The fourth-order valence-electron chi connectivity index (χ4n) is 2.52. The summed E-state index contributed by atoms with van der Waals surface area (Å²) in [5.74, 6) is 0.0598. The second-order valence-electron chi connectivity index (χ2n) is 4.91. The van der Waals surface area contributed by atoms with E-state index >= 15 is 0 Å². The summed E-state index contributed by atoms with van der Waals surface area (Å²) < 4.78 is 10.4. The van der Waals surface area contributed by atoms with Crippen molar-refractivity contribution < 1.29 is 18.7 Å². The van der Waals surface area contributed by atoms with Gasteiger partial charge in [0.15, 0.2) is 5.89 Å². The van der Waals surface area contributed by atoms with Crippen molar-refractivity contribution in [3.8, 4) is 0 Å². The van der Waals surface area contributed by atoms with E-state index < -0.39 is 6.04 Å². The Morgan fingerprint density at radius 1 is 1.40 bits per heavy atom. The molecule has 1 amide bonds. The molecule has 1 saturated heterocycles. The number of aryl methyl sites for hydroxylation is 2. The molecule has 1 aliphatic rings. The zero-order valence-corrected chi connectivity index (χ0v) is 12.1. The smallest absolute Gasteiger partial charge is 0.328 e. The van der Waals surface area contributed by atoms with Gasteiger partial charge in [0.1, 0.15) is 6.04 Å². The number of oxazole rings is 1. The Kier molecular flexibility index (Phi) is 4.42. The first kappa shape index (κ1) is 14.6. The van der Waals surface area contributed by atoms with Gasteiger partial charge in [0.05, 0.1) is 12.3 Å². The van der Waals surface area contributed by atoms with Crippen molar-refractivity contribution in [2.75, 3.05) is 13.2 Å². The van der Waals surface area contributed by atoms with Crippen LogP contribution in [0.2, 0.25) is 0 Å². The number of ether oxygens (including phenoxy) is 1. The van der Waals surface area contributed by atoms with Crippen LogP contribution in [0.3, 0.4) is 0 Å². The molecule has 0 bridgehead atoms. The first-order chi connectivity index (χ1) is 9.54. The Balaban J connectivity index is 2.21. The lowest BCUT2D eigenvalue weighted by Gasteiger charge is -2.33. The fraction of sp³-hybridized carbons (Fsp3) is 0.643. The quantitative estimate of drug-likeness (QED) is 0.790. The molecule has 1 fully saturated rings. The molecular weight excluding hydrogens is 260 g/mol. The third-order valence-corrected chi connectivity index (χ3v) is 3.42. The molecule has 110 valence electrons. The van der Waals surface area contributed by atoms with Crippen molar-refractivity contribution in [1.82, 2.24) is 9.88 Å². The van der Waals surface area contributed by atoms with Crippen molar-refractivity contribution in [2.24, 2.45) is 0 Å². The lowest BCUT2D eigenvalue weighted by molar-refractivity contribution is -0.149. The van der Waals surface area contributed by atoms with Crippen LogP contribution in [0.4, 0.5) is 0 Å². The minimum Gasteiger partial charge on any atom is -0.464 e. The number of hydrogen-bond acceptors (Lipinski definition) is 5. The SMILES string of the molecule is CCOC(=O)C1CCCCN1C(=O)c1oc(C)nc1C. The number of rotatable bonds is 3. The molecular formula is C14H20N2O4. The minimum atomic E-state index is -0.513. The molecule has 20 heavy (non-hydrogen) atoms. The largest absolute Gasteiger partial charge is 0.464 e. The minimum absolute atomic E-state index is 0.221. The molecule has 0 saturated carbocycles. The van der Waals surface area contributed by atoms with E-state index in [2.05, 4.69) is 4.98 Å². The highest BCUT2D eigenvalue weighted by Crippen LogP contribution is 2.22. The van der Waals surface area contributed by atoms with Crippen LogP contribution in [-0.2, 0) is 9.53 Å². The number of carbonyl (C=O) groups excluding carboxylic acids is 2. The van der Waals surface area contributed by atoms with E-state index in [1.807, 2.05) is 0 Å². The van der Waals surface area contributed by atoms with Gasteiger partial charge in [-0.3, -0.25) is 4.79 Å². The molecule has 2 heterocycles. The molecule has 0 spiro atoms. The van der Waals surface area contributed by atoms with E-state index in [0.29, 0.717) is 31.2 Å². The van der Waals surface area contributed by atoms with Crippen LogP contribution in [0.25, 0.3) is 0 Å². The summed E-state index contributed by atoms with van der Waals surface area (Å²) in [4.78, 5) is 30.2. The normalized spacial score (nSPS) is 18.9. The van der Waals surface area contributed by atoms with E-state index in [9.17, 15) is 9.59 Å². The average Bonchev–Trinajstić information content (AvgIpc) is 2.77. The first-order valence-electron chi connectivity index (χ1n) is 6.96. The Labute approximate surface area is 118 Å². The Morgan fingerprint density at radius 2 is 2.15 bits per heavy atom. The molecule has 1 aromatic heterocycles. The van der Waals surface area contributed by atoms with E-state index in [1.54, 1.807) is 25.7 Å². The van der Waals surface area contributed by atoms with Gasteiger partial charge < -0.3 is 14.1 Å². The van der Waals surface area contributed by atoms with Gasteiger partial charge in [0, 0.05) is 13.5 Å².